The maximum atomic E-state index is 13.8. The number of likely N-dealkylation sites (tertiary alicyclic amines) is 1. The molecule has 0 saturated carbocycles. The molecule has 0 aliphatic carbocycles. The number of morpholine rings is 1. The van der Waals surface area contributed by atoms with E-state index in [1.54, 1.807) is 11.3 Å². The number of thiazole rings is 1. The van der Waals surface area contributed by atoms with Gasteiger partial charge >= 0.3 is 0 Å². The van der Waals surface area contributed by atoms with Crippen molar-refractivity contribution >= 4 is 11.3 Å². The van der Waals surface area contributed by atoms with Gasteiger partial charge in [-0.05, 0) is 49.5 Å². The van der Waals surface area contributed by atoms with Crippen molar-refractivity contribution < 1.29 is 9.38 Å². The second-order valence-corrected chi connectivity index (χ2v) is 10.8. The summed E-state index contributed by atoms with van der Waals surface area (Å²) in [7, 11) is 0. The van der Waals surface area contributed by atoms with E-state index in [4.69, 9.17) is 4.74 Å². The number of ether oxygens (including phenoxy) is 1. The van der Waals surface area contributed by atoms with Crippen molar-refractivity contribution in [2.75, 3.05) is 39.4 Å². The van der Waals surface area contributed by atoms with Crippen molar-refractivity contribution in [1.29, 1.82) is 0 Å². The van der Waals surface area contributed by atoms with Crippen LogP contribution in [0, 0.1) is 11.1 Å². The van der Waals surface area contributed by atoms with Gasteiger partial charge in [-0.25, -0.2) is 4.98 Å². The predicted molar refractivity (Wildman–Crippen MR) is 136 cm³/mol. The number of rotatable bonds is 8. The first kappa shape index (κ1) is 23.6. The second kappa shape index (κ2) is 11.1. The fraction of sp³-hybridized carbons (Fsp3) is 0.481. The third-order valence-electron chi connectivity index (χ3n) is 7.34. The normalized spacial score (nSPS) is 24.3. The number of hydroxylamine groups is 3. The Morgan fingerprint density at radius 1 is 1.06 bits per heavy atom. The fourth-order valence-electron chi connectivity index (χ4n) is 5.25. The zero-order valence-corrected chi connectivity index (χ0v) is 20.5. The first-order chi connectivity index (χ1) is 16.7. The zero-order valence-electron chi connectivity index (χ0n) is 19.7. The van der Waals surface area contributed by atoms with Crippen LogP contribution in [0.3, 0.4) is 0 Å². The highest BCUT2D eigenvalue weighted by atomic mass is 32.1. The lowest BCUT2D eigenvalue weighted by Gasteiger charge is -2.52. The molecule has 7 heteroatoms. The first-order valence-corrected chi connectivity index (χ1v) is 13.3. The molecule has 0 spiro atoms. The van der Waals surface area contributed by atoms with Crippen LogP contribution in [0.15, 0.2) is 60.9 Å². The quantitative estimate of drug-likeness (QED) is 0.345. The number of hydrogen-bond donors (Lipinski definition) is 0. The summed E-state index contributed by atoms with van der Waals surface area (Å²) >= 11 is 1.74. The molecule has 5 rings (SSSR count). The van der Waals surface area contributed by atoms with Crippen LogP contribution >= 0.6 is 11.3 Å². The summed E-state index contributed by atoms with van der Waals surface area (Å²) in [6.45, 7) is 5.54. The minimum absolute atomic E-state index is 0.0661. The summed E-state index contributed by atoms with van der Waals surface area (Å²) < 4.78 is 5.68. The van der Waals surface area contributed by atoms with Gasteiger partial charge in [0.05, 0.1) is 25.5 Å². The van der Waals surface area contributed by atoms with Crippen LogP contribution in [-0.2, 0) is 17.7 Å². The van der Waals surface area contributed by atoms with Crippen LogP contribution in [0.25, 0.3) is 10.7 Å². The summed E-state index contributed by atoms with van der Waals surface area (Å²) in [6.07, 6.45) is 7.94. The highest BCUT2D eigenvalue weighted by Gasteiger charge is 2.35. The molecule has 6 nitrogen and oxygen atoms in total. The number of piperidine rings is 1. The maximum absolute atomic E-state index is 13.8. The molecule has 180 valence electrons. The van der Waals surface area contributed by atoms with Crippen LogP contribution in [0.4, 0.5) is 0 Å². The lowest BCUT2D eigenvalue weighted by Crippen LogP contribution is -2.59. The van der Waals surface area contributed by atoms with Crippen molar-refractivity contribution in [3.8, 4) is 10.7 Å². The summed E-state index contributed by atoms with van der Waals surface area (Å²) in [6, 6.07) is 16.4. The molecule has 2 unspecified atom stereocenters. The lowest BCUT2D eigenvalue weighted by atomic mass is 9.89. The molecule has 2 atom stereocenters. The van der Waals surface area contributed by atoms with Crippen molar-refractivity contribution in [2.45, 2.75) is 38.3 Å². The van der Waals surface area contributed by atoms with Crippen molar-refractivity contribution in [1.82, 2.24) is 14.9 Å². The van der Waals surface area contributed by atoms with Gasteiger partial charge in [0, 0.05) is 36.7 Å². The molecule has 0 N–H and O–H groups in total. The van der Waals surface area contributed by atoms with Crippen molar-refractivity contribution in [3.05, 3.63) is 76.6 Å². The number of nitrogens with zero attached hydrogens (tertiary/aromatic N) is 4. The highest BCUT2D eigenvalue weighted by molar-refractivity contribution is 7.14. The number of hydrogen-bond acceptors (Lipinski definition) is 6. The van der Waals surface area contributed by atoms with Crippen molar-refractivity contribution in [3.63, 3.8) is 0 Å². The third kappa shape index (κ3) is 5.90. The molecular weight excluding hydrogens is 444 g/mol. The molecule has 2 aliphatic rings. The van der Waals surface area contributed by atoms with Gasteiger partial charge in [0.25, 0.3) is 0 Å². The smallest absolute Gasteiger partial charge is 0.142 e. The molecule has 2 saturated heterocycles. The third-order valence-corrected chi connectivity index (χ3v) is 8.35. The van der Waals surface area contributed by atoms with Gasteiger partial charge in [-0.2, -0.15) is 0 Å². The molecule has 0 bridgehead atoms. The molecule has 1 aromatic carbocycles. The van der Waals surface area contributed by atoms with E-state index in [0.717, 1.165) is 56.0 Å². The van der Waals surface area contributed by atoms with Gasteiger partial charge in [0.15, 0.2) is 0 Å². The fourth-order valence-corrected chi connectivity index (χ4v) is 6.18. The standard InChI is InChI=1S/C27H34N4O2S/c32-31(15-11-22-6-2-1-3-7-22)16-17-33-21-24(31)18-23-9-13-30(14-10-23)20-25-19-29-27(34-25)26-8-4-5-12-28-26/h1-8,12,19,23-24H,9-11,13-18,20-21H2. The predicted octanol–water partition coefficient (Wildman–Crippen LogP) is 4.76. The number of quaternary nitrogens is 1. The second-order valence-electron chi connectivity index (χ2n) is 9.67. The topological polar surface area (TPSA) is 61.3 Å². The Balaban J connectivity index is 1.11. The van der Waals surface area contributed by atoms with Crippen LogP contribution in [-0.4, -0.2) is 64.9 Å². The first-order valence-electron chi connectivity index (χ1n) is 12.5. The van der Waals surface area contributed by atoms with Gasteiger partial charge in [-0.15, -0.1) is 11.3 Å². The molecule has 3 aromatic rings. The molecule has 2 aromatic heterocycles. The molecular formula is C27H34N4O2S. The van der Waals surface area contributed by atoms with Gasteiger partial charge in [-0.1, -0.05) is 36.4 Å². The molecule has 0 radical (unpaired) electrons. The number of pyridine rings is 1. The molecule has 34 heavy (non-hydrogen) atoms. The van der Waals surface area contributed by atoms with Crippen molar-refractivity contribution in [2.24, 2.45) is 5.92 Å². The van der Waals surface area contributed by atoms with Gasteiger partial charge in [-0.3, -0.25) is 9.88 Å². The van der Waals surface area contributed by atoms with Gasteiger partial charge < -0.3 is 14.6 Å². The molecule has 4 heterocycles. The van der Waals surface area contributed by atoms with Gasteiger partial charge in [0.2, 0.25) is 0 Å². The molecule has 2 fully saturated rings. The number of aromatic nitrogens is 2. The van der Waals surface area contributed by atoms with Crippen LogP contribution in [0.2, 0.25) is 0 Å². The van der Waals surface area contributed by atoms with E-state index in [1.807, 2.05) is 36.7 Å². The minimum atomic E-state index is -0.0910. The highest BCUT2D eigenvalue weighted by Crippen LogP contribution is 2.31. The Kier molecular flexibility index (Phi) is 7.67. The average molecular weight is 479 g/mol. The Morgan fingerprint density at radius 3 is 2.68 bits per heavy atom. The SMILES string of the molecule is [O-][N+]1(CCc2ccccc2)CCOCC1CC1CCN(Cc2cnc(-c3ccccn3)s2)CC1. The number of benzene rings is 1. The van der Waals surface area contributed by atoms with E-state index < -0.39 is 0 Å². The van der Waals surface area contributed by atoms with E-state index in [0.29, 0.717) is 32.2 Å². The summed E-state index contributed by atoms with van der Waals surface area (Å²) in [5, 5.41) is 14.8. The Hall–Kier alpha value is -2.16. The summed E-state index contributed by atoms with van der Waals surface area (Å²) in [4.78, 5) is 12.8. The monoisotopic (exact) mass is 478 g/mol. The van der Waals surface area contributed by atoms with E-state index in [2.05, 4.69) is 39.1 Å². The van der Waals surface area contributed by atoms with Gasteiger partial charge in [0.1, 0.15) is 17.6 Å². The minimum Gasteiger partial charge on any atom is -0.632 e. The van der Waals surface area contributed by atoms with E-state index in [1.165, 1.54) is 10.4 Å². The Labute approximate surface area is 206 Å². The van der Waals surface area contributed by atoms with E-state index >= 15 is 0 Å². The largest absolute Gasteiger partial charge is 0.632 e. The maximum Gasteiger partial charge on any atom is 0.142 e. The molecule has 2 aliphatic heterocycles. The molecule has 0 amide bonds. The van der Waals surface area contributed by atoms with Crippen LogP contribution < -0.4 is 0 Å². The summed E-state index contributed by atoms with van der Waals surface area (Å²) in [5.41, 5.74) is 2.20. The van der Waals surface area contributed by atoms with E-state index in [-0.39, 0.29) is 10.7 Å². The zero-order chi connectivity index (χ0) is 23.2. The lowest BCUT2D eigenvalue weighted by molar-refractivity contribution is -0.914. The summed E-state index contributed by atoms with van der Waals surface area (Å²) in [5.74, 6) is 0.608. The van der Waals surface area contributed by atoms with E-state index in [9.17, 15) is 5.21 Å². The Bertz CT molecular complexity index is 1020. The van der Waals surface area contributed by atoms with Crippen LogP contribution in [0.5, 0.6) is 0 Å². The Morgan fingerprint density at radius 2 is 1.88 bits per heavy atom. The average Bonchev–Trinajstić information content (AvgIpc) is 3.35. The van der Waals surface area contributed by atoms with Crippen LogP contribution in [0.1, 0.15) is 29.7 Å².